The van der Waals surface area contributed by atoms with Gasteiger partial charge in [-0.3, -0.25) is 4.98 Å². The van der Waals surface area contributed by atoms with Crippen LogP contribution in [0.3, 0.4) is 0 Å². The van der Waals surface area contributed by atoms with Gasteiger partial charge in [0.15, 0.2) is 5.65 Å². The predicted octanol–water partition coefficient (Wildman–Crippen LogP) is 4.72. The number of benzene rings is 1. The molecule has 0 fully saturated rings. The molecular formula is C20H15F3N4O. The molecule has 0 aliphatic heterocycles. The number of pyridine rings is 2. The summed E-state index contributed by atoms with van der Waals surface area (Å²) in [4.78, 5) is 8.41. The smallest absolute Gasteiger partial charge is 0.417 e. The normalized spacial score (nSPS) is 11.8. The van der Waals surface area contributed by atoms with E-state index in [4.69, 9.17) is 4.74 Å². The summed E-state index contributed by atoms with van der Waals surface area (Å²) in [7, 11) is 3.07. The average Bonchev–Trinajstić information content (AvgIpc) is 3.04. The summed E-state index contributed by atoms with van der Waals surface area (Å²) in [5.74, 6) is 0.532. The molecule has 1 aromatic carbocycles. The van der Waals surface area contributed by atoms with Gasteiger partial charge in [0.2, 0.25) is 0 Å². The highest BCUT2D eigenvalue weighted by molar-refractivity contribution is 5.95. The number of nitrogens with zero attached hydrogens (tertiary/aromatic N) is 4. The zero-order valence-electron chi connectivity index (χ0n) is 15.0. The van der Waals surface area contributed by atoms with Gasteiger partial charge in [-0.15, -0.1) is 0 Å². The molecule has 3 heterocycles. The van der Waals surface area contributed by atoms with Crippen molar-refractivity contribution in [1.82, 2.24) is 19.7 Å². The van der Waals surface area contributed by atoms with Crippen molar-refractivity contribution in [3.63, 3.8) is 0 Å². The summed E-state index contributed by atoms with van der Waals surface area (Å²) < 4.78 is 48.4. The molecule has 0 radical (unpaired) electrons. The fourth-order valence-corrected chi connectivity index (χ4v) is 3.10. The topological polar surface area (TPSA) is 52.8 Å². The van der Waals surface area contributed by atoms with Gasteiger partial charge in [0.25, 0.3) is 0 Å². The summed E-state index contributed by atoms with van der Waals surface area (Å²) in [6.45, 7) is 0. The Morgan fingerprint density at radius 3 is 2.50 bits per heavy atom. The summed E-state index contributed by atoms with van der Waals surface area (Å²) in [5.41, 5.74) is 0.765. The average molecular weight is 384 g/mol. The number of aromatic nitrogens is 4. The Morgan fingerprint density at radius 2 is 1.82 bits per heavy atom. The highest BCUT2D eigenvalue weighted by atomic mass is 19.4. The number of ether oxygens (including phenoxy) is 1. The molecule has 28 heavy (non-hydrogen) atoms. The standard InChI is InChI=1S/C20H15F3N4O/c1-27-19-17(18(26-27)12-5-3-7-14(9-12)28-2)15(20(21,22)23)10-16(25-19)13-6-4-8-24-11-13/h3-11H,1-2H3. The van der Waals surface area contributed by atoms with Crippen LogP contribution in [0.4, 0.5) is 13.2 Å². The number of hydrogen-bond donors (Lipinski definition) is 0. The van der Waals surface area contributed by atoms with Gasteiger partial charge in [0.05, 0.1) is 23.8 Å². The van der Waals surface area contributed by atoms with Crippen molar-refractivity contribution in [2.45, 2.75) is 6.18 Å². The molecule has 0 saturated heterocycles. The summed E-state index contributed by atoms with van der Waals surface area (Å²) in [6.07, 6.45) is -1.54. The number of fused-ring (bicyclic) bond motifs is 1. The SMILES string of the molecule is COc1cccc(-c2nn(C)c3nc(-c4cccnc4)cc(C(F)(F)F)c23)c1. The van der Waals surface area contributed by atoms with Gasteiger partial charge in [-0.2, -0.15) is 18.3 Å². The van der Waals surface area contributed by atoms with Crippen LogP contribution in [-0.4, -0.2) is 26.9 Å². The summed E-state index contributed by atoms with van der Waals surface area (Å²) in [6, 6.07) is 11.1. The quantitative estimate of drug-likeness (QED) is 0.513. The van der Waals surface area contributed by atoms with E-state index in [0.29, 0.717) is 16.9 Å². The highest BCUT2D eigenvalue weighted by Gasteiger charge is 2.36. The highest BCUT2D eigenvalue weighted by Crippen LogP contribution is 2.41. The van der Waals surface area contributed by atoms with Crippen LogP contribution in [0.15, 0.2) is 54.9 Å². The second kappa shape index (κ2) is 6.63. The third-order valence-corrected chi connectivity index (χ3v) is 4.40. The van der Waals surface area contributed by atoms with Crippen LogP contribution in [0.25, 0.3) is 33.5 Å². The van der Waals surface area contributed by atoms with Crippen LogP contribution in [0.1, 0.15) is 5.56 Å². The van der Waals surface area contributed by atoms with Crippen LogP contribution >= 0.6 is 0 Å². The summed E-state index contributed by atoms with van der Waals surface area (Å²) in [5, 5.41) is 4.28. The maximum atomic E-state index is 14.0. The van der Waals surface area contributed by atoms with Crippen molar-refractivity contribution < 1.29 is 17.9 Å². The lowest BCUT2D eigenvalue weighted by atomic mass is 10.0. The predicted molar refractivity (Wildman–Crippen MR) is 98.7 cm³/mol. The molecule has 0 aliphatic rings. The number of aryl methyl sites for hydroxylation is 1. The van der Waals surface area contributed by atoms with Gasteiger partial charge in [-0.05, 0) is 30.3 Å². The van der Waals surface area contributed by atoms with Crippen LogP contribution in [0.5, 0.6) is 5.75 Å². The van der Waals surface area contributed by atoms with Gasteiger partial charge < -0.3 is 4.74 Å². The molecule has 0 N–H and O–H groups in total. The Morgan fingerprint density at radius 1 is 1.04 bits per heavy atom. The molecule has 0 spiro atoms. The van der Waals surface area contributed by atoms with Gasteiger partial charge in [0, 0.05) is 30.6 Å². The Hall–Kier alpha value is -3.42. The van der Waals surface area contributed by atoms with Crippen molar-refractivity contribution in [3.8, 4) is 28.3 Å². The van der Waals surface area contributed by atoms with Gasteiger partial charge in [-0.1, -0.05) is 12.1 Å². The van der Waals surface area contributed by atoms with Crippen molar-refractivity contribution in [3.05, 3.63) is 60.4 Å². The molecule has 0 amide bonds. The third-order valence-electron chi connectivity index (χ3n) is 4.40. The van der Waals surface area contributed by atoms with Crippen molar-refractivity contribution in [1.29, 1.82) is 0 Å². The lowest BCUT2D eigenvalue weighted by molar-refractivity contribution is -0.136. The van der Waals surface area contributed by atoms with E-state index in [9.17, 15) is 13.2 Å². The molecular weight excluding hydrogens is 369 g/mol. The zero-order valence-corrected chi connectivity index (χ0v) is 15.0. The monoisotopic (exact) mass is 384 g/mol. The number of halogens is 3. The molecule has 4 aromatic rings. The van der Waals surface area contributed by atoms with E-state index >= 15 is 0 Å². The van der Waals surface area contributed by atoms with E-state index in [-0.39, 0.29) is 22.4 Å². The van der Waals surface area contributed by atoms with E-state index in [0.717, 1.165) is 6.07 Å². The largest absolute Gasteiger partial charge is 0.497 e. The van der Waals surface area contributed by atoms with E-state index in [2.05, 4.69) is 15.1 Å². The molecule has 0 bridgehead atoms. The van der Waals surface area contributed by atoms with Crippen molar-refractivity contribution >= 4 is 11.0 Å². The minimum absolute atomic E-state index is 0.0455. The van der Waals surface area contributed by atoms with E-state index in [1.165, 1.54) is 18.0 Å². The lowest BCUT2D eigenvalue weighted by Crippen LogP contribution is -2.07. The number of hydrogen-bond acceptors (Lipinski definition) is 4. The van der Waals surface area contributed by atoms with Crippen LogP contribution < -0.4 is 4.74 Å². The van der Waals surface area contributed by atoms with Crippen LogP contribution in [0.2, 0.25) is 0 Å². The van der Waals surface area contributed by atoms with Crippen molar-refractivity contribution in [2.24, 2.45) is 7.05 Å². The van der Waals surface area contributed by atoms with Gasteiger partial charge in [0.1, 0.15) is 11.4 Å². The molecule has 3 aromatic heterocycles. The number of methoxy groups -OCH3 is 1. The third kappa shape index (κ3) is 3.06. The first kappa shape index (κ1) is 18.0. The van der Waals surface area contributed by atoms with Crippen LogP contribution in [0, 0.1) is 0 Å². The first-order valence-electron chi connectivity index (χ1n) is 8.38. The second-order valence-corrected chi connectivity index (χ2v) is 6.20. The zero-order chi connectivity index (χ0) is 19.9. The first-order chi connectivity index (χ1) is 13.4. The van der Waals surface area contributed by atoms with Gasteiger partial charge >= 0.3 is 6.18 Å². The molecule has 8 heteroatoms. The Balaban J connectivity index is 2.04. The molecule has 142 valence electrons. The molecule has 0 aliphatic carbocycles. The fourth-order valence-electron chi connectivity index (χ4n) is 3.10. The molecule has 0 unspecified atom stereocenters. The van der Waals surface area contributed by atoms with Gasteiger partial charge in [-0.25, -0.2) is 9.67 Å². The first-order valence-corrected chi connectivity index (χ1v) is 8.38. The maximum Gasteiger partial charge on any atom is 0.417 e. The number of alkyl halides is 3. The summed E-state index contributed by atoms with van der Waals surface area (Å²) >= 11 is 0. The maximum absolute atomic E-state index is 14.0. The Kier molecular flexibility index (Phi) is 4.26. The minimum Gasteiger partial charge on any atom is -0.497 e. The second-order valence-electron chi connectivity index (χ2n) is 6.20. The van der Waals surface area contributed by atoms with E-state index in [1.807, 2.05) is 0 Å². The van der Waals surface area contributed by atoms with E-state index in [1.54, 1.807) is 49.6 Å². The number of rotatable bonds is 3. The molecule has 0 saturated carbocycles. The van der Waals surface area contributed by atoms with Crippen LogP contribution in [-0.2, 0) is 13.2 Å². The minimum atomic E-state index is -4.57. The van der Waals surface area contributed by atoms with E-state index < -0.39 is 11.7 Å². The molecule has 4 rings (SSSR count). The molecule has 0 atom stereocenters. The van der Waals surface area contributed by atoms with Crippen molar-refractivity contribution in [2.75, 3.05) is 7.11 Å². The fraction of sp³-hybridized carbons (Fsp3) is 0.150. The Bertz CT molecular complexity index is 1150. The lowest BCUT2D eigenvalue weighted by Gasteiger charge is -2.12. The molecule has 5 nitrogen and oxygen atoms in total. The Labute approximate surface area is 158 Å².